The monoisotopic (exact) mass is 490 g/mol. The van der Waals surface area contributed by atoms with Gasteiger partial charge < -0.3 is 16.2 Å². The third-order valence-corrected chi connectivity index (χ3v) is 6.82. The van der Waals surface area contributed by atoms with Gasteiger partial charge in [0, 0.05) is 11.1 Å². The van der Waals surface area contributed by atoms with Crippen LogP contribution in [-0.4, -0.2) is 44.0 Å². The van der Waals surface area contributed by atoms with Crippen LogP contribution >= 0.6 is 0 Å². The molecule has 7 N–H and O–H groups in total. The van der Waals surface area contributed by atoms with Crippen molar-refractivity contribution in [3.8, 4) is 5.75 Å². The lowest BCUT2D eigenvalue weighted by atomic mass is 10.1. The number of nitrogens with one attached hydrogen (secondary N) is 1. The van der Waals surface area contributed by atoms with Crippen molar-refractivity contribution in [2.75, 3.05) is 11.1 Å². The molecule has 0 saturated carbocycles. The summed E-state index contributed by atoms with van der Waals surface area (Å²) in [5.41, 5.74) is 4.51. The van der Waals surface area contributed by atoms with Crippen LogP contribution in [0.2, 0.25) is 0 Å². The van der Waals surface area contributed by atoms with Gasteiger partial charge in [-0.3, -0.25) is 13.7 Å². The lowest BCUT2D eigenvalue weighted by Crippen LogP contribution is -2.06. The average Bonchev–Trinajstić information content (AvgIpc) is 2.62. The molecule has 3 aromatic carbocycles. The van der Waals surface area contributed by atoms with E-state index in [1.165, 1.54) is 12.1 Å². The van der Waals surface area contributed by atoms with Crippen molar-refractivity contribution >= 4 is 58.2 Å². The molecule has 0 aliphatic carbocycles. The molecule has 0 aliphatic rings. The van der Waals surface area contributed by atoms with Crippen LogP contribution in [0.25, 0.3) is 10.8 Å². The zero-order valence-electron chi connectivity index (χ0n) is 15.1. The highest BCUT2D eigenvalue weighted by atomic mass is 32.2. The van der Waals surface area contributed by atoms with Crippen molar-refractivity contribution in [1.82, 2.24) is 0 Å². The lowest BCUT2D eigenvalue weighted by Gasteiger charge is -2.15. The van der Waals surface area contributed by atoms with E-state index in [4.69, 9.17) is 10.3 Å². The zero-order valence-corrected chi connectivity index (χ0v) is 17.5. The molecule has 31 heavy (non-hydrogen) atoms. The molecule has 0 fully saturated rings. The molecule has 3 rings (SSSR count). The first-order chi connectivity index (χ1) is 14.1. The fraction of sp³-hybridized carbons (Fsp3) is 0. The van der Waals surface area contributed by atoms with Crippen molar-refractivity contribution in [3.05, 3.63) is 42.5 Å². The number of anilines is 3. The topological polar surface area (TPSA) is 221 Å². The second-order valence-electron chi connectivity index (χ2n) is 6.28. The van der Waals surface area contributed by atoms with E-state index in [1.54, 1.807) is 0 Å². The predicted molar refractivity (Wildman–Crippen MR) is 109 cm³/mol. The van der Waals surface area contributed by atoms with Crippen LogP contribution in [0, 0.1) is 0 Å². The van der Waals surface area contributed by atoms with Gasteiger partial charge in [0.05, 0.1) is 16.3 Å². The Bertz CT molecular complexity index is 1550. The largest absolute Gasteiger partial charge is 0.505 e. The molecular weight excluding hydrogens is 476 g/mol. The van der Waals surface area contributed by atoms with Gasteiger partial charge in [0.25, 0.3) is 30.4 Å². The fourth-order valence-corrected chi connectivity index (χ4v) is 4.66. The van der Waals surface area contributed by atoms with Gasteiger partial charge in [-0.15, -0.1) is 0 Å². The van der Waals surface area contributed by atoms with Crippen molar-refractivity contribution in [2.24, 2.45) is 0 Å². The van der Waals surface area contributed by atoms with E-state index in [9.17, 15) is 39.5 Å². The van der Waals surface area contributed by atoms with Crippen LogP contribution in [-0.2, 0) is 30.4 Å². The van der Waals surface area contributed by atoms with Crippen LogP contribution in [0.1, 0.15) is 0 Å². The number of rotatable bonds is 5. The van der Waals surface area contributed by atoms with E-state index in [-0.39, 0.29) is 22.1 Å². The average molecular weight is 490 g/mol. The Morgan fingerprint density at radius 3 is 1.90 bits per heavy atom. The summed E-state index contributed by atoms with van der Waals surface area (Å²) in [4.78, 5) is -2.14. The molecule has 0 spiro atoms. The second kappa shape index (κ2) is 7.33. The summed E-state index contributed by atoms with van der Waals surface area (Å²) in [7, 11) is -14.3. The molecule has 0 aromatic heterocycles. The van der Waals surface area contributed by atoms with Gasteiger partial charge >= 0.3 is 0 Å². The van der Waals surface area contributed by atoms with E-state index in [0.29, 0.717) is 0 Å². The predicted octanol–water partition coefficient (Wildman–Crippen LogP) is 1.61. The van der Waals surface area contributed by atoms with Crippen LogP contribution in [0.3, 0.4) is 0 Å². The molecule has 166 valence electrons. The maximum Gasteiger partial charge on any atom is 0.296 e. The number of nitrogen functional groups attached to an aromatic ring is 1. The summed E-state index contributed by atoms with van der Waals surface area (Å²) < 4.78 is 97.3. The molecule has 0 aliphatic heterocycles. The Kier molecular flexibility index (Phi) is 5.37. The van der Waals surface area contributed by atoms with Gasteiger partial charge in [-0.05, 0) is 41.8 Å². The number of hydrogen-bond donors (Lipinski definition) is 6. The normalized spacial score (nSPS) is 12.7. The third-order valence-electron chi connectivity index (χ3n) is 4.18. The standard InChI is InChI=1S/C16H14N2O10S3/c17-15-14(31(26,27)28)5-8-4-13(30(23,24)25)12(7-11(8)16(15)19)18-9-2-1-3-10(6-9)29(20,21)22/h1-7,18-19H,17H2,(H,20,21,22)(H,23,24,25)(H,26,27,28). The molecule has 15 heteroatoms. The van der Waals surface area contributed by atoms with Crippen LogP contribution in [0.5, 0.6) is 5.75 Å². The molecular formula is C16H14N2O10S3. The van der Waals surface area contributed by atoms with E-state index in [2.05, 4.69) is 5.32 Å². The Balaban J connectivity index is 2.30. The summed E-state index contributed by atoms with van der Waals surface area (Å²) in [6, 6.07) is 7.25. The Labute approximate surface area is 176 Å². The van der Waals surface area contributed by atoms with Crippen LogP contribution < -0.4 is 11.1 Å². The summed E-state index contributed by atoms with van der Waals surface area (Å²) in [5, 5.41) is 12.5. The zero-order chi connectivity index (χ0) is 23.4. The molecule has 0 unspecified atom stereocenters. The van der Waals surface area contributed by atoms with Crippen molar-refractivity contribution in [3.63, 3.8) is 0 Å². The molecule has 0 radical (unpaired) electrons. The van der Waals surface area contributed by atoms with E-state index >= 15 is 0 Å². The Morgan fingerprint density at radius 1 is 0.774 bits per heavy atom. The van der Waals surface area contributed by atoms with Crippen molar-refractivity contribution in [1.29, 1.82) is 0 Å². The van der Waals surface area contributed by atoms with E-state index in [1.807, 2.05) is 0 Å². The number of phenols is 1. The molecule has 0 atom stereocenters. The first-order valence-electron chi connectivity index (χ1n) is 7.98. The first kappa shape index (κ1) is 22.7. The molecule has 0 amide bonds. The SMILES string of the molecule is Nc1c(S(=O)(=O)O)cc2cc(S(=O)(=O)O)c(Nc3cccc(S(=O)(=O)O)c3)cc2c1O. The number of phenolic OH excluding ortho intramolecular Hbond substituents is 1. The van der Waals surface area contributed by atoms with Crippen LogP contribution in [0.15, 0.2) is 57.2 Å². The molecule has 0 saturated heterocycles. The smallest absolute Gasteiger partial charge is 0.296 e. The van der Waals surface area contributed by atoms with Crippen LogP contribution in [0.4, 0.5) is 17.1 Å². The minimum atomic E-state index is -4.91. The molecule has 3 aromatic rings. The van der Waals surface area contributed by atoms with Gasteiger partial charge in [0.1, 0.15) is 15.5 Å². The summed E-state index contributed by atoms with van der Waals surface area (Å²) in [6.45, 7) is 0. The summed E-state index contributed by atoms with van der Waals surface area (Å²) >= 11 is 0. The highest BCUT2D eigenvalue weighted by Gasteiger charge is 2.23. The number of aromatic hydroxyl groups is 1. The number of benzene rings is 3. The van der Waals surface area contributed by atoms with Gasteiger partial charge in [-0.2, -0.15) is 25.3 Å². The Morgan fingerprint density at radius 2 is 1.35 bits per heavy atom. The number of hydrogen-bond acceptors (Lipinski definition) is 9. The molecule has 0 heterocycles. The van der Waals surface area contributed by atoms with E-state index in [0.717, 1.165) is 30.3 Å². The number of fused-ring (bicyclic) bond motifs is 1. The van der Waals surface area contributed by atoms with E-state index < -0.39 is 56.5 Å². The third kappa shape index (κ3) is 4.55. The highest BCUT2D eigenvalue weighted by molar-refractivity contribution is 7.86. The minimum absolute atomic E-state index is 0.0126. The number of nitrogens with two attached hydrogens (primary N) is 1. The fourth-order valence-electron chi connectivity index (χ4n) is 2.82. The second-order valence-corrected chi connectivity index (χ2v) is 10.5. The van der Waals surface area contributed by atoms with Gasteiger partial charge in [0.15, 0.2) is 0 Å². The quantitative estimate of drug-likeness (QED) is 0.170. The molecule has 12 nitrogen and oxygen atoms in total. The highest BCUT2D eigenvalue weighted by Crippen LogP contribution is 2.40. The first-order valence-corrected chi connectivity index (χ1v) is 12.3. The Hall–Kier alpha value is -2.95. The minimum Gasteiger partial charge on any atom is -0.505 e. The van der Waals surface area contributed by atoms with Gasteiger partial charge in [-0.25, -0.2) is 0 Å². The lowest BCUT2D eigenvalue weighted by molar-refractivity contribution is 0.473. The van der Waals surface area contributed by atoms with Gasteiger partial charge in [-0.1, -0.05) is 6.07 Å². The van der Waals surface area contributed by atoms with Crippen molar-refractivity contribution < 1.29 is 44.0 Å². The maximum absolute atomic E-state index is 11.9. The van der Waals surface area contributed by atoms with Crippen molar-refractivity contribution in [2.45, 2.75) is 14.7 Å². The maximum atomic E-state index is 11.9. The summed E-state index contributed by atoms with van der Waals surface area (Å²) in [5.74, 6) is -0.790. The van der Waals surface area contributed by atoms with Gasteiger partial charge in [0.2, 0.25) is 0 Å². The summed E-state index contributed by atoms with van der Waals surface area (Å²) in [6.07, 6.45) is 0. The molecule has 0 bridgehead atoms.